The summed E-state index contributed by atoms with van der Waals surface area (Å²) in [6, 6.07) is 63.2. The summed E-state index contributed by atoms with van der Waals surface area (Å²) in [5.74, 6) is 0. The second-order valence-corrected chi connectivity index (χ2v) is 16.3. The molecule has 8 aromatic carbocycles. The van der Waals surface area contributed by atoms with Crippen LogP contribution < -0.4 is 4.90 Å². The molecule has 2 aliphatic rings. The SMILES string of the molecule is CC1(C)c2cccc3c2-c2c1cc(N(c1cccc(-c4ccccc4)c1)c1cccc4c1sc1ccccc14)c1c4ccccc4n(c21)-c1ccccc1-3. The fourth-order valence-electron chi connectivity index (χ4n) is 9.70. The average Bonchev–Trinajstić information content (AvgIpc) is 3.82. The Morgan fingerprint density at radius 1 is 0.519 bits per heavy atom. The average molecular weight is 707 g/mol. The molecule has 2 nitrogen and oxygen atoms in total. The molecule has 0 amide bonds. The van der Waals surface area contributed by atoms with Crippen molar-refractivity contribution in [2.75, 3.05) is 4.90 Å². The minimum absolute atomic E-state index is 0.210. The van der Waals surface area contributed by atoms with Gasteiger partial charge in [0.2, 0.25) is 0 Å². The van der Waals surface area contributed by atoms with E-state index in [0.717, 1.165) is 5.69 Å². The molecular formula is C51H34N2S. The smallest absolute Gasteiger partial charge is 0.0644 e. The van der Waals surface area contributed by atoms with Crippen LogP contribution in [0.4, 0.5) is 17.1 Å². The largest absolute Gasteiger partial charge is 0.308 e. The van der Waals surface area contributed by atoms with Crippen molar-refractivity contribution in [2.45, 2.75) is 19.3 Å². The van der Waals surface area contributed by atoms with Crippen molar-refractivity contribution in [1.29, 1.82) is 0 Å². The number of benzene rings is 8. The Morgan fingerprint density at radius 2 is 1.22 bits per heavy atom. The van der Waals surface area contributed by atoms with Crippen LogP contribution in [0.3, 0.4) is 0 Å². The molecule has 0 saturated heterocycles. The zero-order valence-corrected chi connectivity index (χ0v) is 30.8. The van der Waals surface area contributed by atoms with Gasteiger partial charge in [-0.1, -0.05) is 141 Å². The van der Waals surface area contributed by atoms with Gasteiger partial charge in [-0.25, -0.2) is 0 Å². The molecule has 0 unspecified atom stereocenters. The van der Waals surface area contributed by atoms with Crippen LogP contribution in [0.15, 0.2) is 170 Å². The molecule has 1 aliphatic heterocycles. The lowest BCUT2D eigenvalue weighted by Gasteiger charge is -2.30. The van der Waals surface area contributed by atoms with Gasteiger partial charge in [0.05, 0.1) is 32.8 Å². The van der Waals surface area contributed by atoms with Crippen molar-refractivity contribution in [3.8, 4) is 39.1 Å². The normalized spacial score (nSPS) is 13.5. The number of hydrogen-bond donors (Lipinski definition) is 0. The predicted octanol–water partition coefficient (Wildman–Crippen LogP) is 14.6. The van der Waals surface area contributed by atoms with Gasteiger partial charge >= 0.3 is 0 Å². The van der Waals surface area contributed by atoms with Gasteiger partial charge in [-0.2, -0.15) is 0 Å². The van der Waals surface area contributed by atoms with Crippen LogP contribution in [0.2, 0.25) is 0 Å². The summed E-state index contributed by atoms with van der Waals surface area (Å²) in [6.07, 6.45) is 0. The van der Waals surface area contributed by atoms with Gasteiger partial charge in [0.25, 0.3) is 0 Å². The van der Waals surface area contributed by atoms with Crippen LogP contribution in [0.5, 0.6) is 0 Å². The molecule has 0 spiro atoms. The minimum atomic E-state index is -0.210. The Kier molecular flexibility index (Phi) is 6.03. The molecular weight excluding hydrogens is 673 g/mol. The van der Waals surface area contributed by atoms with Gasteiger partial charge < -0.3 is 9.47 Å². The first-order valence-corrected chi connectivity index (χ1v) is 19.6. The molecule has 3 heterocycles. The van der Waals surface area contributed by atoms with Crippen molar-refractivity contribution < 1.29 is 0 Å². The summed E-state index contributed by atoms with van der Waals surface area (Å²) in [5.41, 5.74) is 17.6. The molecule has 0 saturated carbocycles. The molecule has 254 valence electrons. The summed E-state index contributed by atoms with van der Waals surface area (Å²) in [6.45, 7) is 4.84. The summed E-state index contributed by atoms with van der Waals surface area (Å²) in [7, 11) is 0. The number of anilines is 3. The number of hydrogen-bond acceptors (Lipinski definition) is 2. The quantitative estimate of drug-likeness (QED) is 0.177. The summed E-state index contributed by atoms with van der Waals surface area (Å²) >= 11 is 1.89. The van der Waals surface area contributed by atoms with Gasteiger partial charge in [-0.15, -0.1) is 11.3 Å². The first kappa shape index (κ1) is 30.1. The standard InChI is InChI=1S/C51H34N2S/c1-51(2)39-24-13-22-36-34-19-6-9-25-41(34)53-42-26-10-7-21-38(42)47-44(30-40(51)48(46(36)39)49(47)53)52(33-18-12-17-32(29-33)31-15-4-3-5-16-31)43-27-14-23-37-35-20-8-11-28-45(35)54-50(37)43/h3-30H,1-2H3. The van der Waals surface area contributed by atoms with Gasteiger partial charge in [0, 0.05) is 48.5 Å². The highest BCUT2D eigenvalue weighted by atomic mass is 32.1. The Morgan fingerprint density at radius 3 is 2.13 bits per heavy atom. The monoisotopic (exact) mass is 706 g/mol. The van der Waals surface area contributed by atoms with Gasteiger partial charge in [-0.05, 0) is 75.8 Å². The van der Waals surface area contributed by atoms with Crippen molar-refractivity contribution in [2.24, 2.45) is 0 Å². The lowest BCUT2D eigenvalue weighted by molar-refractivity contribution is 0.661. The first-order chi connectivity index (χ1) is 26.6. The van der Waals surface area contributed by atoms with E-state index in [-0.39, 0.29) is 5.41 Å². The molecule has 10 aromatic rings. The Labute approximate surface area is 317 Å². The van der Waals surface area contributed by atoms with Crippen LogP contribution in [-0.2, 0) is 5.41 Å². The van der Waals surface area contributed by atoms with Crippen molar-refractivity contribution in [3.63, 3.8) is 0 Å². The summed E-state index contributed by atoms with van der Waals surface area (Å²) in [4.78, 5) is 2.58. The van der Waals surface area contributed by atoms with Crippen LogP contribution in [-0.4, -0.2) is 4.57 Å². The second kappa shape index (κ2) is 10.8. The zero-order chi connectivity index (χ0) is 35.7. The van der Waals surface area contributed by atoms with E-state index < -0.39 is 0 Å². The third kappa shape index (κ3) is 3.89. The molecule has 0 bridgehead atoms. The zero-order valence-electron chi connectivity index (χ0n) is 30.0. The predicted molar refractivity (Wildman–Crippen MR) is 230 cm³/mol. The number of fused-ring (bicyclic) bond motifs is 9. The Balaban J connectivity index is 1.28. The molecule has 54 heavy (non-hydrogen) atoms. The van der Waals surface area contributed by atoms with E-state index in [1.54, 1.807) is 0 Å². The number of para-hydroxylation sites is 2. The lowest BCUT2D eigenvalue weighted by Crippen LogP contribution is -2.17. The molecule has 0 N–H and O–H groups in total. The van der Waals surface area contributed by atoms with E-state index in [2.05, 4.69) is 193 Å². The lowest BCUT2D eigenvalue weighted by atomic mass is 9.81. The topological polar surface area (TPSA) is 8.17 Å². The van der Waals surface area contributed by atoms with Crippen LogP contribution in [0.25, 0.3) is 81.0 Å². The molecule has 0 radical (unpaired) electrons. The Bertz CT molecular complexity index is 3200. The van der Waals surface area contributed by atoms with Gasteiger partial charge in [0.1, 0.15) is 0 Å². The number of thiophene rings is 1. The maximum absolute atomic E-state index is 2.58. The highest BCUT2D eigenvalue weighted by Crippen LogP contribution is 2.61. The number of nitrogens with zero attached hydrogens (tertiary/aromatic N) is 2. The fourth-order valence-corrected chi connectivity index (χ4v) is 10.9. The Hall–Kier alpha value is -6.42. The number of rotatable bonds is 4. The van der Waals surface area contributed by atoms with E-state index in [4.69, 9.17) is 0 Å². The van der Waals surface area contributed by atoms with Gasteiger partial charge in [-0.3, -0.25) is 0 Å². The third-order valence-electron chi connectivity index (χ3n) is 12.1. The summed E-state index contributed by atoms with van der Waals surface area (Å²) < 4.78 is 5.17. The molecule has 3 heteroatoms. The third-order valence-corrected chi connectivity index (χ3v) is 13.3. The van der Waals surface area contributed by atoms with Crippen molar-refractivity contribution in [1.82, 2.24) is 4.57 Å². The molecule has 2 aromatic heterocycles. The maximum atomic E-state index is 2.58. The van der Waals surface area contributed by atoms with E-state index >= 15 is 0 Å². The number of aromatic nitrogens is 1. The van der Waals surface area contributed by atoms with E-state index in [9.17, 15) is 0 Å². The van der Waals surface area contributed by atoms with E-state index in [0.29, 0.717) is 0 Å². The molecule has 1 aliphatic carbocycles. The molecule has 0 fully saturated rings. The fraction of sp³-hybridized carbons (Fsp3) is 0.0588. The van der Waals surface area contributed by atoms with Crippen LogP contribution in [0.1, 0.15) is 25.0 Å². The molecule has 0 atom stereocenters. The van der Waals surface area contributed by atoms with E-state index in [1.165, 1.54) is 104 Å². The van der Waals surface area contributed by atoms with E-state index in [1.807, 2.05) is 11.3 Å². The van der Waals surface area contributed by atoms with Gasteiger partial charge in [0.15, 0.2) is 0 Å². The molecule has 12 rings (SSSR count). The maximum Gasteiger partial charge on any atom is 0.0644 e. The van der Waals surface area contributed by atoms with Crippen LogP contribution >= 0.6 is 11.3 Å². The van der Waals surface area contributed by atoms with Crippen LogP contribution in [0, 0.1) is 0 Å². The van der Waals surface area contributed by atoms with Crippen molar-refractivity contribution >= 4 is 70.4 Å². The highest BCUT2D eigenvalue weighted by molar-refractivity contribution is 7.26. The minimum Gasteiger partial charge on any atom is -0.308 e. The highest BCUT2D eigenvalue weighted by Gasteiger charge is 2.42. The summed E-state index contributed by atoms with van der Waals surface area (Å²) in [5, 5.41) is 5.14. The second-order valence-electron chi connectivity index (χ2n) is 15.3. The first-order valence-electron chi connectivity index (χ1n) is 18.8. The van der Waals surface area contributed by atoms with Crippen molar-refractivity contribution in [3.05, 3.63) is 181 Å².